The lowest BCUT2D eigenvalue weighted by molar-refractivity contribution is -0.299. The predicted molar refractivity (Wildman–Crippen MR) is 173 cm³/mol. The maximum Gasteiger partial charge on any atom is 0.305 e. The number of hydrogen-bond acceptors (Lipinski definition) is 6. The number of carbonyl (C=O) groups is 1. The molecule has 3 aliphatic carbocycles. The van der Waals surface area contributed by atoms with Crippen LogP contribution in [0.5, 0.6) is 0 Å². The second kappa shape index (κ2) is 13.7. The molecule has 248 valence electrons. The van der Waals surface area contributed by atoms with E-state index in [4.69, 9.17) is 14.5 Å². The van der Waals surface area contributed by atoms with E-state index in [1.165, 1.54) is 58.5 Å². The number of methoxy groups -OCH3 is 1. The zero-order valence-corrected chi connectivity index (χ0v) is 28.9. The molecule has 1 aromatic carbocycles. The number of fused-ring (bicyclic) bond motifs is 3. The number of benzene rings is 1. The molecule has 5 rings (SSSR count). The van der Waals surface area contributed by atoms with Crippen molar-refractivity contribution in [1.82, 2.24) is 0 Å². The molecule has 1 aromatic rings. The van der Waals surface area contributed by atoms with Crippen LogP contribution in [-0.2, 0) is 29.1 Å². The SMILES string of the molecule is COC(=O)C[C@@H]1CC[C@@H]2[C@H](CC[C@]3(C)[C@@H]([C@H](C)CCCC(C)C)CC[C@@H]23)[C@@]1(C)C[C@H]1C[C@@H](CS(=O)(=O)c2ccccc2)OO1. The number of rotatable bonds is 12. The van der Waals surface area contributed by atoms with Crippen molar-refractivity contribution in [2.45, 2.75) is 129 Å². The van der Waals surface area contributed by atoms with E-state index < -0.39 is 15.9 Å². The molecule has 0 radical (unpaired) electrons. The van der Waals surface area contributed by atoms with Crippen molar-refractivity contribution in [2.24, 2.45) is 52.3 Å². The fourth-order valence-corrected chi connectivity index (χ4v) is 12.1. The van der Waals surface area contributed by atoms with Gasteiger partial charge in [0.2, 0.25) is 0 Å². The first-order valence-corrected chi connectivity index (χ1v) is 19.2. The van der Waals surface area contributed by atoms with Gasteiger partial charge in [0.25, 0.3) is 0 Å². The van der Waals surface area contributed by atoms with Gasteiger partial charge in [-0.1, -0.05) is 72.1 Å². The second-order valence-corrected chi connectivity index (χ2v) is 18.0. The summed E-state index contributed by atoms with van der Waals surface area (Å²) in [4.78, 5) is 24.6. The smallest absolute Gasteiger partial charge is 0.305 e. The highest BCUT2D eigenvalue weighted by Crippen LogP contribution is 2.68. The monoisotopic (exact) mass is 630 g/mol. The van der Waals surface area contributed by atoms with E-state index >= 15 is 0 Å². The van der Waals surface area contributed by atoms with Crippen molar-refractivity contribution in [3.8, 4) is 0 Å². The third-order valence-electron chi connectivity index (χ3n) is 12.9. The van der Waals surface area contributed by atoms with Crippen molar-refractivity contribution in [2.75, 3.05) is 12.9 Å². The molecule has 4 fully saturated rings. The Bertz CT molecular complexity index is 1220. The lowest BCUT2D eigenvalue weighted by Crippen LogP contribution is -2.53. The number of hydrogen-bond donors (Lipinski definition) is 0. The summed E-state index contributed by atoms with van der Waals surface area (Å²) in [6.45, 7) is 12.2. The molecule has 3 saturated carbocycles. The average molecular weight is 631 g/mol. The first-order chi connectivity index (χ1) is 20.9. The first-order valence-electron chi connectivity index (χ1n) is 17.5. The molecule has 6 nitrogen and oxygen atoms in total. The molecular weight excluding hydrogens is 572 g/mol. The molecule has 1 saturated heterocycles. The zero-order valence-electron chi connectivity index (χ0n) is 28.1. The van der Waals surface area contributed by atoms with Gasteiger partial charge in [-0.25, -0.2) is 18.2 Å². The van der Waals surface area contributed by atoms with Crippen LogP contribution in [0.15, 0.2) is 35.2 Å². The van der Waals surface area contributed by atoms with Crippen LogP contribution < -0.4 is 0 Å². The summed E-state index contributed by atoms with van der Waals surface area (Å²) in [6, 6.07) is 8.60. The van der Waals surface area contributed by atoms with Gasteiger partial charge in [-0.3, -0.25) is 4.79 Å². The summed E-state index contributed by atoms with van der Waals surface area (Å²) in [5.41, 5.74) is 0.305. The molecule has 1 heterocycles. The number of carbonyl (C=O) groups excluding carboxylic acids is 1. The van der Waals surface area contributed by atoms with Crippen LogP contribution in [0.25, 0.3) is 0 Å². The number of sulfone groups is 1. The average Bonchev–Trinajstić information content (AvgIpc) is 3.57. The van der Waals surface area contributed by atoms with E-state index in [1.807, 2.05) is 6.07 Å². The maximum atomic E-state index is 13.1. The van der Waals surface area contributed by atoms with Crippen molar-refractivity contribution in [3.05, 3.63) is 30.3 Å². The van der Waals surface area contributed by atoms with Gasteiger partial charge in [0.15, 0.2) is 9.84 Å². The van der Waals surface area contributed by atoms with E-state index in [-0.39, 0.29) is 29.2 Å². The van der Waals surface area contributed by atoms with Crippen molar-refractivity contribution < 1.29 is 27.7 Å². The summed E-state index contributed by atoms with van der Waals surface area (Å²) in [5.74, 6) is 4.29. The molecule has 0 bridgehead atoms. The fraction of sp³-hybridized carbons (Fsp3) is 0.811. The highest BCUT2D eigenvalue weighted by Gasteiger charge is 2.60. The van der Waals surface area contributed by atoms with Crippen LogP contribution in [0.2, 0.25) is 0 Å². The number of esters is 1. The summed E-state index contributed by atoms with van der Waals surface area (Å²) < 4.78 is 31.3. The summed E-state index contributed by atoms with van der Waals surface area (Å²) in [6.07, 6.45) is 12.5. The fourth-order valence-electron chi connectivity index (χ4n) is 10.7. The molecule has 0 unspecified atom stereocenters. The van der Waals surface area contributed by atoms with Crippen LogP contribution in [0.1, 0.15) is 112 Å². The van der Waals surface area contributed by atoms with Crippen LogP contribution in [0.3, 0.4) is 0 Å². The molecule has 0 aromatic heterocycles. The van der Waals surface area contributed by atoms with Gasteiger partial charge in [0.1, 0.15) is 6.10 Å². The molecule has 44 heavy (non-hydrogen) atoms. The minimum Gasteiger partial charge on any atom is -0.469 e. The molecule has 10 atom stereocenters. The maximum absolute atomic E-state index is 13.1. The van der Waals surface area contributed by atoms with Gasteiger partial charge >= 0.3 is 5.97 Å². The summed E-state index contributed by atoms with van der Waals surface area (Å²) >= 11 is 0. The van der Waals surface area contributed by atoms with E-state index in [1.54, 1.807) is 24.3 Å². The van der Waals surface area contributed by atoms with Gasteiger partial charge in [-0.2, -0.15) is 0 Å². The molecule has 1 aliphatic heterocycles. The molecule has 4 aliphatic rings. The third-order valence-corrected chi connectivity index (χ3v) is 14.7. The Hall–Kier alpha value is -1.44. The Kier molecular flexibility index (Phi) is 10.6. The summed E-state index contributed by atoms with van der Waals surface area (Å²) in [5, 5.41) is 0. The molecule has 0 amide bonds. The van der Waals surface area contributed by atoms with E-state index in [2.05, 4.69) is 34.6 Å². The predicted octanol–water partition coefficient (Wildman–Crippen LogP) is 8.44. The van der Waals surface area contributed by atoms with Crippen molar-refractivity contribution in [3.63, 3.8) is 0 Å². The Morgan fingerprint density at radius 1 is 0.955 bits per heavy atom. The van der Waals surface area contributed by atoms with Gasteiger partial charge < -0.3 is 4.74 Å². The Morgan fingerprint density at radius 2 is 1.68 bits per heavy atom. The third kappa shape index (κ3) is 6.95. The molecule has 7 heteroatoms. The van der Waals surface area contributed by atoms with Gasteiger partial charge in [-0.05, 0) is 109 Å². The van der Waals surface area contributed by atoms with Gasteiger partial charge in [-0.15, -0.1) is 0 Å². The number of ether oxygens (including phenoxy) is 1. The van der Waals surface area contributed by atoms with Crippen molar-refractivity contribution in [1.29, 1.82) is 0 Å². The van der Waals surface area contributed by atoms with E-state index in [0.717, 1.165) is 36.5 Å². The second-order valence-electron chi connectivity index (χ2n) is 15.9. The Morgan fingerprint density at radius 3 is 2.39 bits per heavy atom. The van der Waals surface area contributed by atoms with Crippen LogP contribution in [-0.4, -0.2) is 39.5 Å². The normalized spacial score (nSPS) is 37.8. The topological polar surface area (TPSA) is 78.9 Å². The van der Waals surface area contributed by atoms with Crippen LogP contribution in [0, 0.1) is 52.3 Å². The van der Waals surface area contributed by atoms with E-state index in [0.29, 0.717) is 35.0 Å². The molecule has 0 N–H and O–H groups in total. The molecular formula is C37H58O6S. The summed E-state index contributed by atoms with van der Waals surface area (Å²) in [7, 11) is -1.98. The lowest BCUT2D eigenvalue weighted by Gasteiger charge is -2.59. The highest BCUT2D eigenvalue weighted by molar-refractivity contribution is 7.91. The standard InChI is InChI=1S/C37H58O6S/c1-25(2)11-10-12-26(3)32-17-18-33-31-16-15-27(21-35(38)41-6)37(5,34(31)19-20-36(32,33)4)23-28-22-29(43-42-28)24-44(39,40)30-13-8-7-9-14-30/h7-9,13-14,25-29,31-34H,10-12,15-24H2,1-6H3/t26-,27+,28-,29+,31+,32-,33+,34+,36-,37+/m1/s1. The largest absolute Gasteiger partial charge is 0.469 e. The highest BCUT2D eigenvalue weighted by atomic mass is 32.2. The van der Waals surface area contributed by atoms with E-state index in [9.17, 15) is 13.2 Å². The van der Waals surface area contributed by atoms with Crippen molar-refractivity contribution >= 4 is 15.8 Å². The quantitative estimate of drug-likeness (QED) is 0.170. The minimum absolute atomic E-state index is 0.0843. The van der Waals surface area contributed by atoms with Gasteiger partial charge in [0.05, 0.1) is 23.9 Å². The molecule has 0 spiro atoms. The lowest BCUT2D eigenvalue weighted by atomic mass is 9.45. The van der Waals surface area contributed by atoms with Crippen LogP contribution >= 0.6 is 0 Å². The minimum atomic E-state index is -3.47. The first kappa shape index (κ1) is 33.9. The zero-order chi connectivity index (χ0) is 31.7. The Labute approximate surface area is 267 Å². The van der Waals surface area contributed by atoms with Gasteiger partial charge in [0, 0.05) is 12.8 Å². The Balaban J connectivity index is 1.30. The van der Waals surface area contributed by atoms with Crippen LogP contribution in [0.4, 0.5) is 0 Å².